The van der Waals surface area contributed by atoms with Gasteiger partial charge in [-0.1, -0.05) is 28.1 Å². The standard InChI is InChI=1S/C33H49BrN4O2/c1-37(2)11-4-3-10-35-29(39)19-26-20-33(31-27(26)6-5-7-28(31)34)8-12-38(13-9-33)21-30(40)36-32-24-15-22-14-23(17-24)18-25(32)16-22/h5-7,22-26,32H,3-4,8-21H2,1-2H3,(H,35,39)(H,36,40). The van der Waals surface area contributed by atoms with E-state index in [2.05, 4.69) is 68.7 Å². The van der Waals surface area contributed by atoms with Crippen molar-refractivity contribution >= 4 is 27.7 Å². The number of halogens is 1. The number of rotatable bonds is 10. The first-order valence-corrected chi connectivity index (χ1v) is 16.8. The van der Waals surface area contributed by atoms with Gasteiger partial charge in [0.1, 0.15) is 0 Å². The number of hydrogen-bond donors (Lipinski definition) is 2. The minimum Gasteiger partial charge on any atom is -0.356 e. The SMILES string of the molecule is CN(C)CCCCNC(=O)CC1CC2(CCN(CC(=O)NC3C4CC5CC(C4)CC3C5)CC2)c2c(Br)cccc21. The molecule has 2 amide bonds. The maximum absolute atomic E-state index is 13.2. The van der Waals surface area contributed by atoms with Crippen molar-refractivity contribution in [1.29, 1.82) is 0 Å². The number of nitrogens with zero attached hydrogens (tertiary/aromatic N) is 2. The van der Waals surface area contributed by atoms with Crippen molar-refractivity contribution in [2.24, 2.45) is 23.7 Å². The molecule has 6 aliphatic rings. The van der Waals surface area contributed by atoms with Crippen LogP contribution in [0.25, 0.3) is 0 Å². The number of likely N-dealkylation sites (tertiary alicyclic amines) is 1. The Hall–Kier alpha value is -1.44. The monoisotopic (exact) mass is 612 g/mol. The van der Waals surface area contributed by atoms with E-state index in [0.29, 0.717) is 19.0 Å². The number of fused-ring (bicyclic) bond motifs is 2. The van der Waals surface area contributed by atoms with Crippen molar-refractivity contribution < 1.29 is 9.59 Å². The van der Waals surface area contributed by atoms with Gasteiger partial charge >= 0.3 is 0 Å². The molecular formula is C33H49BrN4O2. The lowest BCUT2D eigenvalue weighted by Crippen LogP contribution is -2.57. The summed E-state index contributed by atoms with van der Waals surface area (Å²) in [5.41, 5.74) is 2.88. The molecule has 1 aliphatic heterocycles. The first-order chi connectivity index (χ1) is 19.3. The Morgan fingerprint density at radius 1 is 1.00 bits per heavy atom. The van der Waals surface area contributed by atoms with Crippen molar-refractivity contribution in [2.45, 2.75) is 88.0 Å². The normalized spacial score (nSPS) is 32.0. The van der Waals surface area contributed by atoms with Gasteiger partial charge in [-0.25, -0.2) is 0 Å². The van der Waals surface area contributed by atoms with E-state index < -0.39 is 0 Å². The molecule has 1 saturated heterocycles. The molecule has 7 rings (SSSR count). The van der Waals surface area contributed by atoms with Gasteiger partial charge < -0.3 is 15.5 Å². The Bertz CT molecular complexity index is 1050. The largest absolute Gasteiger partial charge is 0.356 e. The van der Waals surface area contributed by atoms with Gasteiger partial charge in [0.15, 0.2) is 0 Å². The molecule has 5 aliphatic carbocycles. The lowest BCUT2D eigenvalue weighted by Gasteiger charge is -2.54. The van der Waals surface area contributed by atoms with Crippen molar-refractivity contribution in [3.63, 3.8) is 0 Å². The van der Waals surface area contributed by atoms with E-state index in [1.807, 2.05) is 0 Å². The zero-order chi connectivity index (χ0) is 27.9. The topological polar surface area (TPSA) is 64.7 Å². The third-order valence-corrected chi connectivity index (χ3v) is 11.8. The van der Waals surface area contributed by atoms with E-state index in [1.54, 1.807) is 0 Å². The highest BCUT2D eigenvalue weighted by atomic mass is 79.9. The molecule has 1 spiro atoms. The zero-order valence-corrected chi connectivity index (χ0v) is 26.2. The number of unbranched alkanes of at least 4 members (excludes halogenated alkanes) is 1. The molecule has 5 fully saturated rings. The molecule has 0 radical (unpaired) electrons. The summed E-state index contributed by atoms with van der Waals surface area (Å²) < 4.78 is 1.18. The predicted molar refractivity (Wildman–Crippen MR) is 163 cm³/mol. The molecule has 7 heteroatoms. The number of hydrogen-bond acceptors (Lipinski definition) is 4. The molecule has 1 aromatic rings. The molecule has 4 saturated carbocycles. The van der Waals surface area contributed by atoms with Crippen molar-refractivity contribution in [1.82, 2.24) is 20.4 Å². The zero-order valence-electron chi connectivity index (χ0n) is 24.6. The molecule has 2 N–H and O–H groups in total. The van der Waals surface area contributed by atoms with E-state index in [9.17, 15) is 9.59 Å². The fourth-order valence-electron chi connectivity index (χ4n) is 9.57. The maximum Gasteiger partial charge on any atom is 0.234 e. The quantitative estimate of drug-likeness (QED) is 0.363. The highest BCUT2D eigenvalue weighted by Gasteiger charge is 2.49. The lowest BCUT2D eigenvalue weighted by atomic mass is 9.54. The number of piperidine rings is 1. The van der Waals surface area contributed by atoms with Gasteiger partial charge in [-0.2, -0.15) is 0 Å². The minimum atomic E-state index is 0.0977. The van der Waals surface area contributed by atoms with E-state index in [-0.39, 0.29) is 23.1 Å². The second kappa shape index (κ2) is 12.0. The number of amides is 2. The van der Waals surface area contributed by atoms with Crippen LogP contribution in [0.2, 0.25) is 0 Å². The Labute approximate surface area is 249 Å². The van der Waals surface area contributed by atoms with Gasteiger partial charge in [0.25, 0.3) is 0 Å². The van der Waals surface area contributed by atoms with Gasteiger partial charge in [-0.05, 0) is 150 Å². The Kier molecular flexibility index (Phi) is 8.63. The van der Waals surface area contributed by atoms with Gasteiger partial charge in [-0.3, -0.25) is 14.5 Å². The van der Waals surface area contributed by atoms with Crippen molar-refractivity contribution in [3.05, 3.63) is 33.8 Å². The van der Waals surface area contributed by atoms with Gasteiger partial charge in [0.05, 0.1) is 6.54 Å². The summed E-state index contributed by atoms with van der Waals surface area (Å²) in [6.07, 6.45) is 12.6. The van der Waals surface area contributed by atoms with Crippen LogP contribution in [-0.2, 0) is 15.0 Å². The smallest absolute Gasteiger partial charge is 0.234 e. The third-order valence-electron chi connectivity index (χ3n) is 11.2. The molecule has 1 aromatic carbocycles. The van der Waals surface area contributed by atoms with Crippen LogP contribution in [0.15, 0.2) is 22.7 Å². The second-order valence-electron chi connectivity index (χ2n) is 14.3. The first-order valence-electron chi connectivity index (χ1n) is 16.0. The summed E-state index contributed by atoms with van der Waals surface area (Å²) in [6, 6.07) is 6.96. The number of benzene rings is 1. The van der Waals surface area contributed by atoms with Gasteiger partial charge in [-0.15, -0.1) is 0 Å². The van der Waals surface area contributed by atoms with Crippen LogP contribution in [0.1, 0.15) is 87.7 Å². The maximum atomic E-state index is 13.2. The highest BCUT2D eigenvalue weighted by Crippen LogP contribution is 2.55. The molecule has 1 unspecified atom stereocenters. The molecule has 0 aromatic heterocycles. The van der Waals surface area contributed by atoms with E-state index >= 15 is 0 Å². The van der Waals surface area contributed by atoms with Crippen LogP contribution in [0.4, 0.5) is 0 Å². The Morgan fingerprint density at radius 2 is 1.70 bits per heavy atom. The Balaban J connectivity index is 1.02. The van der Waals surface area contributed by atoms with Crippen LogP contribution >= 0.6 is 15.9 Å². The summed E-state index contributed by atoms with van der Waals surface area (Å²) >= 11 is 3.88. The lowest BCUT2D eigenvalue weighted by molar-refractivity contribution is -0.126. The fraction of sp³-hybridized carbons (Fsp3) is 0.758. The summed E-state index contributed by atoms with van der Waals surface area (Å²) in [5, 5.41) is 6.70. The third kappa shape index (κ3) is 6.03. The molecule has 220 valence electrons. The summed E-state index contributed by atoms with van der Waals surface area (Å²) in [5.74, 6) is 4.00. The molecule has 6 nitrogen and oxygen atoms in total. The summed E-state index contributed by atoms with van der Waals surface area (Å²) in [6.45, 7) is 4.24. The number of carbonyl (C=O) groups is 2. The highest BCUT2D eigenvalue weighted by molar-refractivity contribution is 9.10. The van der Waals surface area contributed by atoms with Gasteiger partial charge in [0.2, 0.25) is 11.8 Å². The van der Waals surface area contributed by atoms with Crippen molar-refractivity contribution in [3.8, 4) is 0 Å². The van der Waals surface area contributed by atoms with Crippen LogP contribution < -0.4 is 10.6 Å². The second-order valence-corrected chi connectivity index (χ2v) is 15.1. The average Bonchev–Trinajstić information content (AvgIpc) is 3.20. The summed E-state index contributed by atoms with van der Waals surface area (Å²) in [7, 11) is 4.18. The molecule has 1 heterocycles. The van der Waals surface area contributed by atoms with Gasteiger partial charge in [0, 0.05) is 23.5 Å². The molecular weight excluding hydrogens is 564 g/mol. The predicted octanol–water partition coefficient (Wildman–Crippen LogP) is 5.06. The molecule has 1 atom stereocenters. The van der Waals surface area contributed by atoms with E-state index in [1.165, 1.54) is 47.7 Å². The molecule has 40 heavy (non-hydrogen) atoms. The summed E-state index contributed by atoms with van der Waals surface area (Å²) in [4.78, 5) is 30.7. The minimum absolute atomic E-state index is 0.0977. The van der Waals surface area contributed by atoms with E-state index in [4.69, 9.17) is 0 Å². The van der Waals surface area contributed by atoms with Crippen LogP contribution in [0, 0.1) is 23.7 Å². The fourth-order valence-corrected chi connectivity index (χ4v) is 10.4. The Morgan fingerprint density at radius 3 is 2.38 bits per heavy atom. The average molecular weight is 614 g/mol. The first kappa shape index (κ1) is 28.7. The number of carbonyl (C=O) groups excluding carboxylic acids is 2. The van der Waals surface area contributed by atoms with Crippen molar-refractivity contribution in [2.75, 3.05) is 46.8 Å². The van der Waals surface area contributed by atoms with Crippen LogP contribution in [-0.4, -0.2) is 74.5 Å². The van der Waals surface area contributed by atoms with Crippen LogP contribution in [0.3, 0.4) is 0 Å². The number of nitrogens with one attached hydrogen (secondary N) is 2. The van der Waals surface area contributed by atoms with Crippen LogP contribution in [0.5, 0.6) is 0 Å². The van der Waals surface area contributed by atoms with E-state index in [0.717, 1.165) is 82.0 Å². The molecule has 4 bridgehead atoms.